The van der Waals surface area contributed by atoms with Crippen LogP contribution in [0.4, 0.5) is 11.4 Å². The van der Waals surface area contributed by atoms with Crippen LogP contribution < -0.4 is 0 Å². The molecule has 8 heteroatoms. The molecule has 0 bridgehead atoms. The SMILES string of the molecule is O=[N+](O)c1ccc(CC(CO)(CO)Cc2ccc([N+](=O)O)cc2)cc1. The molecule has 4 N–H and O–H groups in total. The molecule has 0 aliphatic carbocycles. The Morgan fingerprint density at radius 2 is 1.00 bits per heavy atom. The Hall–Kier alpha value is -2.84. The third kappa shape index (κ3) is 4.59. The van der Waals surface area contributed by atoms with Crippen LogP contribution in [0.2, 0.25) is 0 Å². The van der Waals surface area contributed by atoms with E-state index in [1.54, 1.807) is 24.3 Å². The largest absolute Gasteiger partial charge is 0.396 e. The van der Waals surface area contributed by atoms with E-state index in [0.29, 0.717) is 12.8 Å². The summed E-state index contributed by atoms with van der Waals surface area (Å²) in [6.07, 6.45) is 0.694. The van der Waals surface area contributed by atoms with Crippen LogP contribution in [0, 0.1) is 15.2 Å². The van der Waals surface area contributed by atoms with Crippen LogP contribution in [0.3, 0.4) is 0 Å². The van der Waals surface area contributed by atoms with Crippen molar-refractivity contribution in [2.45, 2.75) is 12.8 Å². The predicted molar refractivity (Wildman–Crippen MR) is 87.0 cm³/mol. The summed E-state index contributed by atoms with van der Waals surface area (Å²) in [6.45, 7) is -0.539. The highest BCUT2D eigenvalue weighted by molar-refractivity contribution is 5.34. The van der Waals surface area contributed by atoms with E-state index in [1.807, 2.05) is 0 Å². The van der Waals surface area contributed by atoms with Gasteiger partial charge < -0.3 is 10.2 Å². The highest BCUT2D eigenvalue weighted by Crippen LogP contribution is 2.29. The number of benzene rings is 2. The quantitative estimate of drug-likeness (QED) is 0.542. The Balaban J connectivity index is 2.19. The molecule has 0 saturated heterocycles. The van der Waals surface area contributed by atoms with Gasteiger partial charge in [0, 0.05) is 29.7 Å². The van der Waals surface area contributed by atoms with Crippen molar-refractivity contribution >= 4 is 11.4 Å². The first-order chi connectivity index (χ1) is 11.9. The molecule has 2 aromatic rings. The van der Waals surface area contributed by atoms with Crippen LogP contribution in [0.15, 0.2) is 48.5 Å². The summed E-state index contributed by atoms with van der Waals surface area (Å²) >= 11 is 0. The third-order valence-electron chi connectivity index (χ3n) is 4.14. The van der Waals surface area contributed by atoms with Gasteiger partial charge in [-0.1, -0.05) is 24.3 Å². The van der Waals surface area contributed by atoms with Gasteiger partial charge in [0.05, 0.1) is 23.0 Å². The Bertz CT molecular complexity index is 677. The second-order valence-electron chi connectivity index (χ2n) is 6.05. The standard InChI is InChI=1S/C17H20N2O6/c20-11-17(12-21,9-13-1-5-15(6-2-13)18(22)23)10-14-3-7-16(8-4-14)19(24)25/h1-8,20-21H,9-12H2,(H,22,23)(H,24,25)/q+2. The van der Waals surface area contributed by atoms with E-state index in [4.69, 9.17) is 10.4 Å². The highest BCUT2D eigenvalue weighted by Gasteiger charge is 2.30. The number of rotatable bonds is 8. The van der Waals surface area contributed by atoms with Gasteiger partial charge >= 0.3 is 11.4 Å². The molecule has 0 fully saturated rings. The van der Waals surface area contributed by atoms with Gasteiger partial charge in [0.15, 0.2) is 0 Å². The average Bonchev–Trinajstić information content (AvgIpc) is 2.62. The van der Waals surface area contributed by atoms with Crippen molar-refractivity contribution in [2.24, 2.45) is 5.41 Å². The molecular formula is C17H20N2O6+2. The molecule has 0 aromatic heterocycles. The van der Waals surface area contributed by atoms with Crippen molar-refractivity contribution in [3.05, 3.63) is 69.5 Å². The fourth-order valence-electron chi connectivity index (χ4n) is 2.68. The maximum atomic E-state index is 10.8. The van der Waals surface area contributed by atoms with Crippen molar-refractivity contribution in [2.75, 3.05) is 13.2 Å². The number of nitrogens with zero attached hydrogens (tertiary/aromatic N) is 2. The topological polar surface area (TPSA) is 121 Å². The molecule has 132 valence electrons. The normalized spacial score (nSPS) is 11.3. The monoisotopic (exact) mass is 348 g/mol. The molecular weight excluding hydrogens is 328 g/mol. The fourth-order valence-corrected chi connectivity index (χ4v) is 2.68. The fraction of sp³-hybridized carbons (Fsp3) is 0.294. The molecule has 0 atom stereocenters. The lowest BCUT2D eigenvalue weighted by Crippen LogP contribution is -2.34. The van der Waals surface area contributed by atoms with Gasteiger partial charge in [-0.3, -0.25) is 0 Å². The van der Waals surface area contributed by atoms with Crippen molar-refractivity contribution in [1.82, 2.24) is 0 Å². The summed E-state index contributed by atoms with van der Waals surface area (Å²) in [5.74, 6) is 0. The lowest BCUT2D eigenvalue weighted by atomic mass is 9.78. The molecule has 0 saturated carbocycles. The van der Waals surface area contributed by atoms with Gasteiger partial charge in [0.2, 0.25) is 0 Å². The molecule has 0 radical (unpaired) electrons. The minimum atomic E-state index is -0.838. The molecule has 0 aliphatic heterocycles. The Morgan fingerprint density at radius 1 is 0.680 bits per heavy atom. The van der Waals surface area contributed by atoms with Gasteiger partial charge in [0.1, 0.15) is 0 Å². The summed E-state index contributed by atoms with van der Waals surface area (Å²) < 4.78 is 0. The summed E-state index contributed by atoms with van der Waals surface area (Å²) in [5.41, 5.74) is 0.904. The van der Waals surface area contributed by atoms with Crippen LogP contribution >= 0.6 is 0 Å². The second-order valence-corrected chi connectivity index (χ2v) is 6.05. The summed E-state index contributed by atoms with van der Waals surface area (Å²) in [5, 5.41) is 37.4. The molecule has 0 unspecified atom stereocenters. The smallest absolute Gasteiger partial charge is 0.316 e. The zero-order valence-corrected chi connectivity index (χ0v) is 13.4. The maximum Gasteiger partial charge on any atom is 0.316 e. The Morgan fingerprint density at radius 3 is 1.24 bits per heavy atom. The van der Waals surface area contributed by atoms with Crippen LogP contribution in [0.1, 0.15) is 11.1 Å². The number of aliphatic hydroxyl groups excluding tert-OH is 2. The summed E-state index contributed by atoms with van der Waals surface area (Å²) in [7, 11) is 0. The number of aliphatic hydroxyl groups is 2. The average molecular weight is 348 g/mol. The van der Waals surface area contributed by atoms with Crippen LogP contribution in [-0.2, 0) is 12.8 Å². The van der Waals surface area contributed by atoms with Crippen LogP contribution in [0.25, 0.3) is 0 Å². The van der Waals surface area contributed by atoms with E-state index in [9.17, 15) is 20.0 Å². The molecule has 0 spiro atoms. The molecule has 2 rings (SSSR count). The molecule has 2 aromatic carbocycles. The zero-order valence-electron chi connectivity index (χ0n) is 13.4. The number of hydrogen-bond acceptors (Lipinski definition) is 4. The Labute approximate surface area is 143 Å². The first kappa shape index (κ1) is 18.5. The molecule has 0 amide bonds. The predicted octanol–water partition coefficient (Wildman–Crippen LogP) is 2.04. The van der Waals surface area contributed by atoms with Crippen LogP contribution in [-0.4, -0.2) is 43.7 Å². The van der Waals surface area contributed by atoms with Crippen LogP contribution in [0.5, 0.6) is 0 Å². The van der Waals surface area contributed by atoms with E-state index >= 15 is 0 Å². The molecule has 25 heavy (non-hydrogen) atoms. The zero-order chi connectivity index (χ0) is 18.4. The van der Waals surface area contributed by atoms with Crippen molar-refractivity contribution in [3.63, 3.8) is 0 Å². The van der Waals surface area contributed by atoms with Gasteiger partial charge in [-0.15, -0.1) is 0 Å². The van der Waals surface area contributed by atoms with Crippen molar-refractivity contribution in [1.29, 1.82) is 0 Å². The molecule has 8 nitrogen and oxygen atoms in total. The first-order valence-electron chi connectivity index (χ1n) is 7.61. The third-order valence-corrected chi connectivity index (χ3v) is 4.14. The van der Waals surface area contributed by atoms with Gasteiger partial charge in [-0.05, 0) is 24.0 Å². The van der Waals surface area contributed by atoms with Gasteiger partial charge in [0.25, 0.3) is 9.85 Å². The second kappa shape index (κ2) is 7.82. The molecule has 0 heterocycles. The minimum Gasteiger partial charge on any atom is -0.396 e. The first-order valence-corrected chi connectivity index (χ1v) is 7.61. The summed E-state index contributed by atoms with van der Waals surface area (Å²) in [6, 6.07) is 12.3. The van der Waals surface area contributed by atoms with Crippen molar-refractivity contribution in [3.8, 4) is 0 Å². The van der Waals surface area contributed by atoms with E-state index < -0.39 is 5.41 Å². The van der Waals surface area contributed by atoms with E-state index in [0.717, 1.165) is 11.1 Å². The van der Waals surface area contributed by atoms with Crippen molar-refractivity contribution < 1.29 is 30.5 Å². The molecule has 0 aliphatic rings. The number of hydrogen-bond donors (Lipinski definition) is 4. The van der Waals surface area contributed by atoms with E-state index in [2.05, 4.69) is 0 Å². The Kier molecular flexibility index (Phi) is 5.79. The van der Waals surface area contributed by atoms with E-state index in [-0.39, 0.29) is 34.4 Å². The maximum absolute atomic E-state index is 10.8. The van der Waals surface area contributed by atoms with Gasteiger partial charge in [-0.2, -0.15) is 0 Å². The van der Waals surface area contributed by atoms with Gasteiger partial charge in [-0.25, -0.2) is 10.4 Å². The highest BCUT2D eigenvalue weighted by atomic mass is 16.6. The lowest BCUT2D eigenvalue weighted by molar-refractivity contribution is -0.729. The lowest BCUT2D eigenvalue weighted by Gasteiger charge is -2.30. The van der Waals surface area contributed by atoms with E-state index in [1.165, 1.54) is 24.3 Å². The summed E-state index contributed by atoms with van der Waals surface area (Å²) in [4.78, 5) is 21.2. The minimum absolute atomic E-state index is 0.0871.